The van der Waals surface area contributed by atoms with Crippen LogP contribution < -0.4 is 0 Å². The van der Waals surface area contributed by atoms with Crippen LogP contribution in [0.25, 0.3) is 0 Å². The van der Waals surface area contributed by atoms with Gasteiger partial charge in [-0.25, -0.2) is 0 Å². The van der Waals surface area contributed by atoms with Crippen LogP contribution in [0.2, 0.25) is 0 Å². The maximum Gasteiger partial charge on any atom is -0.00781 e. The van der Waals surface area contributed by atoms with E-state index >= 15 is 0 Å². The Hall–Kier alpha value is -1.04. The van der Waals surface area contributed by atoms with Crippen molar-refractivity contribution in [3.05, 3.63) is 48.0 Å². The van der Waals surface area contributed by atoms with E-state index in [-0.39, 0.29) is 0 Å². The average Bonchev–Trinajstić information content (AvgIpc) is 2.45. The molecular weight excluding hydrogens is 240 g/mol. The van der Waals surface area contributed by atoms with Crippen LogP contribution in [0, 0.1) is 5.41 Å². The Morgan fingerprint density at radius 3 is 2.25 bits per heavy atom. The largest absolute Gasteiger partial charge is 0.0911 e. The van der Waals surface area contributed by atoms with Gasteiger partial charge >= 0.3 is 0 Å². The van der Waals surface area contributed by atoms with Gasteiger partial charge in [-0.2, -0.15) is 0 Å². The molecule has 0 aliphatic heterocycles. The van der Waals surface area contributed by atoms with E-state index in [0.29, 0.717) is 5.41 Å². The van der Waals surface area contributed by atoms with Crippen LogP contribution in [-0.2, 0) is 6.42 Å². The van der Waals surface area contributed by atoms with Gasteiger partial charge < -0.3 is 0 Å². The third-order valence-corrected chi connectivity index (χ3v) is 4.20. The summed E-state index contributed by atoms with van der Waals surface area (Å²) in [6.45, 7) is 6.77. The first-order chi connectivity index (χ1) is 9.76. The summed E-state index contributed by atoms with van der Waals surface area (Å²) in [5.74, 6) is 0. The van der Waals surface area contributed by atoms with Crippen LogP contribution in [0.4, 0.5) is 0 Å². The summed E-state index contributed by atoms with van der Waals surface area (Å²) in [7, 11) is 0. The van der Waals surface area contributed by atoms with Crippen LogP contribution in [0.15, 0.2) is 42.5 Å². The second kappa shape index (κ2) is 9.80. The summed E-state index contributed by atoms with van der Waals surface area (Å²) in [4.78, 5) is 0. The first kappa shape index (κ1) is 17.0. The number of benzene rings is 1. The molecule has 0 amide bonds. The molecule has 0 N–H and O–H groups in total. The Balaban J connectivity index is 2.75. The smallest absolute Gasteiger partial charge is 0.00781 e. The molecule has 1 unspecified atom stereocenters. The normalized spacial score (nSPS) is 14.6. The predicted molar refractivity (Wildman–Crippen MR) is 91.1 cm³/mol. The lowest BCUT2D eigenvalue weighted by Crippen LogP contribution is -2.21. The van der Waals surface area contributed by atoms with Gasteiger partial charge in [-0.1, -0.05) is 88.4 Å². The van der Waals surface area contributed by atoms with Crippen molar-refractivity contribution >= 4 is 0 Å². The lowest BCUT2D eigenvalue weighted by Gasteiger charge is -2.31. The van der Waals surface area contributed by atoms with Crippen molar-refractivity contribution in [2.75, 3.05) is 0 Å². The van der Waals surface area contributed by atoms with Crippen molar-refractivity contribution in [1.82, 2.24) is 0 Å². The number of unbranched alkanes of at least 4 members (excludes halogenated alkanes) is 3. The Labute approximate surface area is 126 Å². The molecule has 0 aliphatic rings. The van der Waals surface area contributed by atoms with Gasteiger partial charge in [0.1, 0.15) is 0 Å². The molecule has 0 saturated carbocycles. The lowest BCUT2D eigenvalue weighted by atomic mass is 9.73. The van der Waals surface area contributed by atoms with Crippen molar-refractivity contribution in [2.45, 2.75) is 72.1 Å². The molecule has 20 heavy (non-hydrogen) atoms. The summed E-state index contributed by atoms with van der Waals surface area (Å²) < 4.78 is 0. The monoisotopic (exact) mass is 272 g/mol. The highest BCUT2D eigenvalue weighted by Gasteiger charge is 2.25. The van der Waals surface area contributed by atoms with Gasteiger partial charge in [-0.3, -0.25) is 0 Å². The van der Waals surface area contributed by atoms with E-state index in [9.17, 15) is 0 Å². The second-order valence-corrected chi connectivity index (χ2v) is 6.09. The van der Waals surface area contributed by atoms with E-state index in [4.69, 9.17) is 0 Å². The molecule has 0 heteroatoms. The van der Waals surface area contributed by atoms with Crippen molar-refractivity contribution < 1.29 is 0 Å². The maximum absolute atomic E-state index is 2.48. The Kier molecular flexibility index (Phi) is 8.34. The van der Waals surface area contributed by atoms with E-state index in [2.05, 4.69) is 63.3 Å². The molecule has 1 aromatic rings. The van der Waals surface area contributed by atoms with Crippen molar-refractivity contribution in [3.63, 3.8) is 0 Å². The zero-order valence-corrected chi connectivity index (χ0v) is 13.7. The highest BCUT2D eigenvalue weighted by Crippen LogP contribution is 2.36. The topological polar surface area (TPSA) is 0 Å². The summed E-state index contributed by atoms with van der Waals surface area (Å²) in [6, 6.07) is 11.0. The van der Waals surface area contributed by atoms with E-state index in [1.54, 1.807) is 0 Å². The summed E-state index contributed by atoms with van der Waals surface area (Å²) >= 11 is 0. The zero-order chi connectivity index (χ0) is 14.7. The standard InChI is InChI=1S/C20H32/c1-4-7-8-12-17-20(15-5-2,16-6-3)18-19-13-10-9-11-14-19/h5,9-11,13-15H,4,6-8,12,16-18H2,1-3H3/b15-5+. The fraction of sp³-hybridized carbons (Fsp3) is 0.600. The summed E-state index contributed by atoms with van der Waals surface area (Å²) in [6.07, 6.45) is 15.3. The third kappa shape index (κ3) is 5.94. The molecule has 0 spiro atoms. The minimum Gasteiger partial charge on any atom is -0.0911 e. The predicted octanol–water partition coefficient (Wildman–Crippen LogP) is 6.56. The number of rotatable bonds is 10. The fourth-order valence-electron chi connectivity index (χ4n) is 3.29. The highest BCUT2D eigenvalue weighted by molar-refractivity contribution is 5.18. The van der Waals surface area contributed by atoms with Gasteiger partial charge in [0, 0.05) is 0 Å². The Morgan fingerprint density at radius 1 is 0.900 bits per heavy atom. The lowest BCUT2D eigenvalue weighted by molar-refractivity contribution is 0.303. The minimum atomic E-state index is 0.374. The molecule has 0 nitrogen and oxygen atoms in total. The van der Waals surface area contributed by atoms with Crippen LogP contribution >= 0.6 is 0 Å². The van der Waals surface area contributed by atoms with Crippen LogP contribution in [0.1, 0.15) is 71.3 Å². The molecule has 0 heterocycles. The van der Waals surface area contributed by atoms with E-state index in [0.717, 1.165) is 0 Å². The minimum absolute atomic E-state index is 0.374. The first-order valence-electron chi connectivity index (χ1n) is 8.44. The van der Waals surface area contributed by atoms with Gasteiger partial charge in [-0.05, 0) is 37.2 Å². The highest BCUT2D eigenvalue weighted by atomic mass is 14.3. The molecule has 0 radical (unpaired) electrons. The van der Waals surface area contributed by atoms with Crippen LogP contribution in [-0.4, -0.2) is 0 Å². The number of allylic oxidation sites excluding steroid dienone is 2. The molecule has 0 saturated heterocycles. The number of hydrogen-bond acceptors (Lipinski definition) is 0. The molecule has 112 valence electrons. The van der Waals surface area contributed by atoms with Crippen molar-refractivity contribution in [2.24, 2.45) is 5.41 Å². The molecule has 0 fully saturated rings. The molecule has 1 aromatic carbocycles. The Morgan fingerprint density at radius 2 is 1.65 bits per heavy atom. The molecule has 0 aromatic heterocycles. The van der Waals surface area contributed by atoms with Gasteiger partial charge in [-0.15, -0.1) is 0 Å². The van der Waals surface area contributed by atoms with E-state index < -0.39 is 0 Å². The maximum atomic E-state index is 2.48. The van der Waals surface area contributed by atoms with Gasteiger partial charge in [0.25, 0.3) is 0 Å². The molecule has 0 bridgehead atoms. The second-order valence-electron chi connectivity index (χ2n) is 6.09. The fourth-order valence-corrected chi connectivity index (χ4v) is 3.29. The SMILES string of the molecule is C/C=C/C(CCC)(CCCCCC)Cc1ccccc1. The quantitative estimate of drug-likeness (QED) is 0.334. The number of hydrogen-bond donors (Lipinski definition) is 0. The molecule has 0 aliphatic carbocycles. The van der Waals surface area contributed by atoms with Crippen LogP contribution in [0.3, 0.4) is 0 Å². The molecule has 1 atom stereocenters. The molecule has 1 rings (SSSR count). The zero-order valence-electron chi connectivity index (χ0n) is 13.7. The molecular formula is C20H32. The van der Waals surface area contributed by atoms with Gasteiger partial charge in [0.15, 0.2) is 0 Å². The Bertz CT molecular complexity index is 363. The first-order valence-corrected chi connectivity index (χ1v) is 8.44. The van der Waals surface area contributed by atoms with Gasteiger partial charge in [0.05, 0.1) is 0 Å². The van der Waals surface area contributed by atoms with Gasteiger partial charge in [0.2, 0.25) is 0 Å². The van der Waals surface area contributed by atoms with E-state index in [1.807, 2.05) is 0 Å². The summed E-state index contributed by atoms with van der Waals surface area (Å²) in [5.41, 5.74) is 1.85. The average molecular weight is 272 g/mol. The van der Waals surface area contributed by atoms with Crippen molar-refractivity contribution in [3.8, 4) is 0 Å². The van der Waals surface area contributed by atoms with Crippen LogP contribution in [0.5, 0.6) is 0 Å². The van der Waals surface area contributed by atoms with Crippen molar-refractivity contribution in [1.29, 1.82) is 0 Å². The van der Waals surface area contributed by atoms with E-state index in [1.165, 1.54) is 56.9 Å². The third-order valence-electron chi connectivity index (χ3n) is 4.20. The summed E-state index contributed by atoms with van der Waals surface area (Å²) in [5, 5.41) is 0.